The van der Waals surface area contributed by atoms with Gasteiger partial charge in [-0.2, -0.15) is 0 Å². The zero-order valence-electron chi connectivity index (χ0n) is 11.1. The molecule has 2 aromatic heterocycles. The Labute approximate surface area is 137 Å². The lowest BCUT2D eigenvalue weighted by Gasteiger charge is -2.35. The molecule has 110 valence electrons. The van der Waals surface area contributed by atoms with Crippen LogP contribution in [0.5, 0.6) is 0 Å². The molecule has 1 unspecified atom stereocenters. The van der Waals surface area contributed by atoms with Crippen molar-refractivity contribution in [3.8, 4) is 0 Å². The molecule has 1 N–H and O–H groups in total. The van der Waals surface area contributed by atoms with E-state index in [1.807, 2.05) is 18.6 Å². The number of rotatable bonds is 3. The Balaban J connectivity index is 0.00000147. The van der Waals surface area contributed by atoms with E-state index in [9.17, 15) is 0 Å². The van der Waals surface area contributed by atoms with Crippen molar-refractivity contribution in [2.75, 3.05) is 19.6 Å². The number of nitrogens with one attached hydrogen (secondary N) is 1. The van der Waals surface area contributed by atoms with Crippen molar-refractivity contribution < 1.29 is 0 Å². The Bertz CT molecular complexity index is 558. The fourth-order valence-electron chi connectivity index (χ4n) is 2.42. The second kappa shape index (κ2) is 7.00. The molecule has 0 radical (unpaired) electrons. The van der Waals surface area contributed by atoms with E-state index in [-0.39, 0.29) is 12.4 Å². The number of hydrogen-bond donors (Lipinski definition) is 1. The Morgan fingerprint density at radius 3 is 3.00 bits per heavy atom. The topological polar surface area (TPSA) is 46.0 Å². The highest BCUT2D eigenvalue weighted by atomic mass is 79.9. The van der Waals surface area contributed by atoms with E-state index in [1.54, 1.807) is 11.3 Å². The molecule has 1 fully saturated rings. The van der Waals surface area contributed by atoms with Gasteiger partial charge in [0.25, 0.3) is 0 Å². The zero-order chi connectivity index (χ0) is 13.2. The van der Waals surface area contributed by atoms with Gasteiger partial charge in [-0.05, 0) is 15.9 Å². The maximum atomic E-state index is 4.49. The molecule has 1 atom stereocenters. The van der Waals surface area contributed by atoms with E-state index in [4.69, 9.17) is 0 Å². The van der Waals surface area contributed by atoms with Crippen molar-refractivity contribution in [3.63, 3.8) is 0 Å². The van der Waals surface area contributed by atoms with Gasteiger partial charge in [0, 0.05) is 39.1 Å². The number of piperazine rings is 1. The normalized spacial score (nSPS) is 19.8. The molecule has 0 amide bonds. The van der Waals surface area contributed by atoms with Crippen LogP contribution in [-0.2, 0) is 13.6 Å². The molecule has 1 aliphatic rings. The first kappa shape index (κ1) is 15.9. The highest BCUT2D eigenvalue weighted by molar-refractivity contribution is 9.11. The monoisotopic (exact) mass is 377 g/mol. The average molecular weight is 379 g/mol. The lowest BCUT2D eigenvalue weighted by atomic mass is 10.2. The molecule has 1 aliphatic heterocycles. The summed E-state index contributed by atoms with van der Waals surface area (Å²) in [6, 6.07) is 0.316. The van der Waals surface area contributed by atoms with E-state index < -0.39 is 0 Å². The Kier molecular flexibility index (Phi) is 5.57. The number of halogens is 2. The van der Waals surface area contributed by atoms with Gasteiger partial charge in [-0.1, -0.05) is 0 Å². The quantitative estimate of drug-likeness (QED) is 0.889. The van der Waals surface area contributed by atoms with Crippen LogP contribution in [0.4, 0.5) is 0 Å². The first-order valence-electron chi connectivity index (χ1n) is 6.26. The molecule has 3 rings (SSSR count). The summed E-state index contributed by atoms with van der Waals surface area (Å²) in [7, 11) is 2.05. The van der Waals surface area contributed by atoms with Gasteiger partial charge in [-0.3, -0.25) is 4.90 Å². The third kappa shape index (κ3) is 3.40. The van der Waals surface area contributed by atoms with E-state index in [0.29, 0.717) is 6.04 Å². The summed E-state index contributed by atoms with van der Waals surface area (Å²) in [4.78, 5) is 11.4. The van der Waals surface area contributed by atoms with Crippen LogP contribution >= 0.6 is 39.7 Å². The molecular weight excluding hydrogens is 362 g/mol. The van der Waals surface area contributed by atoms with Crippen LogP contribution in [0.2, 0.25) is 0 Å². The van der Waals surface area contributed by atoms with Gasteiger partial charge in [-0.15, -0.1) is 23.7 Å². The molecule has 5 nitrogen and oxygen atoms in total. The minimum atomic E-state index is 0. The Morgan fingerprint density at radius 2 is 2.35 bits per heavy atom. The molecule has 3 heterocycles. The van der Waals surface area contributed by atoms with E-state index in [0.717, 1.165) is 40.8 Å². The largest absolute Gasteiger partial charge is 0.337 e. The number of aryl methyl sites for hydroxylation is 1. The van der Waals surface area contributed by atoms with Gasteiger partial charge in [0.1, 0.15) is 10.8 Å². The average Bonchev–Trinajstić information content (AvgIpc) is 2.99. The molecule has 0 bridgehead atoms. The van der Waals surface area contributed by atoms with E-state index in [2.05, 4.69) is 47.7 Å². The fourth-order valence-corrected chi connectivity index (χ4v) is 3.75. The highest BCUT2D eigenvalue weighted by Gasteiger charge is 2.27. The van der Waals surface area contributed by atoms with Crippen LogP contribution < -0.4 is 5.32 Å². The first-order chi connectivity index (χ1) is 9.24. The number of nitrogens with zero attached hydrogens (tertiary/aromatic N) is 4. The fraction of sp³-hybridized carbons (Fsp3) is 0.500. The van der Waals surface area contributed by atoms with Crippen LogP contribution in [0.3, 0.4) is 0 Å². The molecule has 2 aromatic rings. The van der Waals surface area contributed by atoms with Crippen LogP contribution in [0, 0.1) is 0 Å². The maximum Gasteiger partial charge on any atom is 0.127 e. The third-order valence-corrected chi connectivity index (χ3v) is 4.84. The third-order valence-electron chi connectivity index (χ3n) is 3.37. The van der Waals surface area contributed by atoms with Gasteiger partial charge in [-0.25, -0.2) is 9.97 Å². The molecule has 0 spiro atoms. The van der Waals surface area contributed by atoms with Crippen molar-refractivity contribution in [2.24, 2.45) is 7.05 Å². The summed E-state index contributed by atoms with van der Waals surface area (Å²) in [6.45, 7) is 3.87. The molecular formula is C12H17BrClN5S. The first-order valence-corrected chi connectivity index (χ1v) is 7.87. The van der Waals surface area contributed by atoms with E-state index >= 15 is 0 Å². The van der Waals surface area contributed by atoms with Crippen molar-refractivity contribution >= 4 is 39.7 Å². The second-order valence-corrected chi connectivity index (χ2v) is 7.14. The SMILES string of the molecule is Cl.Cn1ccnc1C1CNCCN1Cc1ncc(Br)s1. The van der Waals surface area contributed by atoms with Crippen molar-refractivity contribution in [1.82, 2.24) is 24.8 Å². The number of imidazole rings is 1. The minimum absolute atomic E-state index is 0. The molecule has 0 saturated carbocycles. The van der Waals surface area contributed by atoms with Crippen molar-refractivity contribution in [1.29, 1.82) is 0 Å². The summed E-state index contributed by atoms with van der Waals surface area (Å²) >= 11 is 5.17. The summed E-state index contributed by atoms with van der Waals surface area (Å²) in [5.74, 6) is 1.11. The number of thiazole rings is 1. The highest BCUT2D eigenvalue weighted by Crippen LogP contribution is 2.25. The van der Waals surface area contributed by atoms with E-state index in [1.165, 1.54) is 0 Å². The van der Waals surface area contributed by atoms with Gasteiger partial charge >= 0.3 is 0 Å². The minimum Gasteiger partial charge on any atom is -0.337 e. The molecule has 20 heavy (non-hydrogen) atoms. The molecule has 0 aliphatic carbocycles. The number of hydrogen-bond acceptors (Lipinski definition) is 5. The lowest BCUT2D eigenvalue weighted by Crippen LogP contribution is -2.46. The maximum absolute atomic E-state index is 4.49. The summed E-state index contributed by atoms with van der Waals surface area (Å²) in [6.07, 6.45) is 5.74. The summed E-state index contributed by atoms with van der Waals surface area (Å²) < 4.78 is 3.19. The van der Waals surface area contributed by atoms with Crippen molar-refractivity contribution in [2.45, 2.75) is 12.6 Å². The Hall–Kier alpha value is -0.470. The smallest absolute Gasteiger partial charge is 0.127 e. The zero-order valence-corrected chi connectivity index (χ0v) is 14.3. The van der Waals surface area contributed by atoms with Gasteiger partial charge in [0.15, 0.2) is 0 Å². The van der Waals surface area contributed by atoms with Gasteiger partial charge in [0.2, 0.25) is 0 Å². The van der Waals surface area contributed by atoms with Crippen LogP contribution in [0.15, 0.2) is 22.4 Å². The lowest BCUT2D eigenvalue weighted by molar-refractivity contribution is 0.144. The summed E-state index contributed by atoms with van der Waals surface area (Å²) in [5.41, 5.74) is 0. The molecule has 8 heteroatoms. The predicted molar refractivity (Wildman–Crippen MR) is 86.3 cm³/mol. The number of aromatic nitrogens is 3. The second-order valence-electron chi connectivity index (χ2n) is 4.64. The predicted octanol–water partition coefficient (Wildman–Crippen LogP) is 2.21. The molecule has 0 aromatic carbocycles. The van der Waals surface area contributed by atoms with Gasteiger partial charge < -0.3 is 9.88 Å². The summed E-state index contributed by atoms with van der Waals surface area (Å²) in [5, 5.41) is 4.60. The van der Waals surface area contributed by atoms with Crippen LogP contribution in [0.1, 0.15) is 16.9 Å². The standard InChI is InChI=1S/C12H16BrN5S.ClH/c1-17-4-3-15-12(17)9-6-14-2-5-18(9)8-11-16-7-10(13)19-11;/h3-4,7,9,14H,2,5-6,8H2,1H3;1H. The van der Waals surface area contributed by atoms with Crippen LogP contribution in [-0.4, -0.2) is 39.1 Å². The Morgan fingerprint density at radius 1 is 1.50 bits per heavy atom. The van der Waals surface area contributed by atoms with Crippen molar-refractivity contribution in [3.05, 3.63) is 33.2 Å². The molecule has 1 saturated heterocycles. The van der Waals surface area contributed by atoms with Crippen LogP contribution in [0.25, 0.3) is 0 Å². The van der Waals surface area contributed by atoms with Gasteiger partial charge in [0.05, 0.1) is 22.6 Å².